The van der Waals surface area contributed by atoms with E-state index in [4.69, 9.17) is 0 Å². The number of carbonyl (C=O) groups excluding carboxylic acids is 1. The second-order valence-corrected chi connectivity index (χ2v) is 8.35. The Kier molecular flexibility index (Phi) is 6.16. The lowest BCUT2D eigenvalue weighted by Crippen LogP contribution is -2.47. The summed E-state index contributed by atoms with van der Waals surface area (Å²) < 4.78 is 0. The van der Waals surface area contributed by atoms with Gasteiger partial charge < -0.3 is 15.1 Å². The summed E-state index contributed by atoms with van der Waals surface area (Å²) in [6.07, 6.45) is 4.61. The number of phenols is 1. The maximum Gasteiger partial charge on any atom is 0.248 e. The highest BCUT2D eigenvalue weighted by molar-refractivity contribution is 5.77. The summed E-state index contributed by atoms with van der Waals surface area (Å²) in [5, 5.41) is 19.2. The number of fused-ring (bicyclic) bond motifs is 2. The molecule has 0 aliphatic carbocycles. The van der Waals surface area contributed by atoms with Crippen molar-refractivity contribution in [2.24, 2.45) is 0 Å². The molecule has 5 nitrogen and oxygen atoms in total. The van der Waals surface area contributed by atoms with Crippen LogP contribution in [0.15, 0.2) is 54.6 Å². The second kappa shape index (κ2) is 8.97. The van der Waals surface area contributed by atoms with Gasteiger partial charge in [-0.1, -0.05) is 42.5 Å². The molecule has 2 aliphatic rings. The molecule has 0 aromatic heterocycles. The highest BCUT2D eigenvalue weighted by atomic mass is 16.3. The third-order valence-corrected chi connectivity index (χ3v) is 6.56. The summed E-state index contributed by atoms with van der Waals surface area (Å²) in [5.74, 6) is 0.627. The van der Waals surface area contributed by atoms with Crippen LogP contribution in [0.5, 0.6) is 5.75 Å². The predicted molar refractivity (Wildman–Crippen MR) is 113 cm³/mol. The monoisotopic (exact) mass is 394 g/mol. The van der Waals surface area contributed by atoms with Crippen LogP contribution >= 0.6 is 0 Å². The normalized spacial score (nSPS) is 23.8. The molecule has 2 atom stereocenters. The van der Waals surface area contributed by atoms with Gasteiger partial charge in [-0.05, 0) is 54.9 Å². The van der Waals surface area contributed by atoms with E-state index in [1.54, 1.807) is 11.0 Å². The number of phenolic OH excluding ortho intramolecular Hbond substituents is 1. The van der Waals surface area contributed by atoms with E-state index in [1.165, 1.54) is 18.4 Å². The van der Waals surface area contributed by atoms with Gasteiger partial charge in [0, 0.05) is 31.7 Å². The minimum absolute atomic E-state index is 0.212. The molecule has 2 aromatic rings. The molecule has 2 unspecified atom stereocenters. The number of benzene rings is 2. The molecule has 2 bridgehead atoms. The molecule has 5 heteroatoms. The van der Waals surface area contributed by atoms with Crippen LogP contribution in [-0.2, 0) is 11.3 Å². The molecule has 2 aromatic carbocycles. The van der Waals surface area contributed by atoms with Crippen LogP contribution in [-0.4, -0.2) is 57.7 Å². The first-order valence-electron chi connectivity index (χ1n) is 10.6. The zero-order valence-electron chi connectivity index (χ0n) is 16.8. The van der Waals surface area contributed by atoms with Gasteiger partial charge in [0.25, 0.3) is 0 Å². The quantitative estimate of drug-likeness (QED) is 0.757. The first-order valence-corrected chi connectivity index (χ1v) is 10.6. The smallest absolute Gasteiger partial charge is 0.248 e. The molecule has 2 N–H and O–H groups in total. The van der Waals surface area contributed by atoms with Gasteiger partial charge >= 0.3 is 0 Å². The lowest BCUT2D eigenvalue weighted by atomic mass is 9.85. The summed E-state index contributed by atoms with van der Waals surface area (Å²) in [6.45, 7) is 1.58. The van der Waals surface area contributed by atoms with Crippen LogP contribution in [0.2, 0.25) is 0 Å². The number of aliphatic hydroxyl groups is 1. The van der Waals surface area contributed by atoms with Crippen molar-refractivity contribution >= 4 is 5.91 Å². The van der Waals surface area contributed by atoms with E-state index < -0.39 is 6.61 Å². The van der Waals surface area contributed by atoms with Crippen molar-refractivity contribution in [3.8, 4) is 5.75 Å². The van der Waals surface area contributed by atoms with Gasteiger partial charge in [-0.15, -0.1) is 0 Å². The largest absolute Gasteiger partial charge is 0.508 e. The summed E-state index contributed by atoms with van der Waals surface area (Å²) >= 11 is 0. The Morgan fingerprint density at radius 3 is 2.41 bits per heavy atom. The van der Waals surface area contributed by atoms with Crippen LogP contribution in [0.3, 0.4) is 0 Å². The van der Waals surface area contributed by atoms with Gasteiger partial charge in [-0.3, -0.25) is 9.69 Å². The third-order valence-electron chi connectivity index (χ3n) is 6.56. The lowest BCUT2D eigenvalue weighted by Gasteiger charge is -2.40. The van der Waals surface area contributed by atoms with Gasteiger partial charge in [-0.25, -0.2) is 0 Å². The number of amides is 1. The van der Waals surface area contributed by atoms with Crippen molar-refractivity contribution in [1.82, 2.24) is 9.80 Å². The van der Waals surface area contributed by atoms with E-state index in [1.807, 2.05) is 42.5 Å². The first-order chi connectivity index (χ1) is 14.1. The van der Waals surface area contributed by atoms with Gasteiger partial charge in [-0.2, -0.15) is 0 Å². The van der Waals surface area contributed by atoms with Crippen LogP contribution in [0.4, 0.5) is 0 Å². The number of aliphatic hydroxyl groups excluding tert-OH is 1. The number of nitrogens with zero attached hydrogens (tertiary/aromatic N) is 2. The average Bonchev–Trinajstić information content (AvgIpc) is 2.98. The number of aromatic hydroxyl groups is 1. The molecule has 2 aliphatic heterocycles. The standard InChI is InChI=1S/C24H30N2O3/c27-17-24(29)25(16-18-5-2-1-3-6-18)11-12-26-21-9-10-22(26)14-20(13-21)19-7-4-8-23(28)15-19/h1-8,15,20-22,27-28H,9-14,16-17H2. The van der Waals surface area contributed by atoms with Crippen molar-refractivity contribution in [3.05, 3.63) is 65.7 Å². The molecule has 2 heterocycles. The zero-order valence-corrected chi connectivity index (χ0v) is 16.8. The van der Waals surface area contributed by atoms with Crippen molar-refractivity contribution in [2.45, 2.75) is 50.2 Å². The Morgan fingerprint density at radius 2 is 1.76 bits per heavy atom. The van der Waals surface area contributed by atoms with E-state index in [0.717, 1.165) is 24.9 Å². The Hall–Kier alpha value is -2.37. The van der Waals surface area contributed by atoms with Crippen molar-refractivity contribution in [1.29, 1.82) is 0 Å². The predicted octanol–water partition coefficient (Wildman–Crippen LogP) is 3.12. The fourth-order valence-electron chi connectivity index (χ4n) is 5.12. The van der Waals surface area contributed by atoms with Crippen molar-refractivity contribution in [3.63, 3.8) is 0 Å². The van der Waals surface area contributed by atoms with Crippen LogP contribution in [0, 0.1) is 0 Å². The van der Waals surface area contributed by atoms with Gasteiger partial charge in [0.1, 0.15) is 12.4 Å². The lowest BCUT2D eigenvalue weighted by molar-refractivity contribution is -0.135. The zero-order chi connectivity index (χ0) is 20.2. The van der Waals surface area contributed by atoms with E-state index in [2.05, 4.69) is 11.0 Å². The van der Waals surface area contributed by atoms with E-state index in [9.17, 15) is 15.0 Å². The maximum absolute atomic E-state index is 12.3. The van der Waals surface area contributed by atoms with E-state index >= 15 is 0 Å². The summed E-state index contributed by atoms with van der Waals surface area (Å²) in [7, 11) is 0. The maximum atomic E-state index is 12.3. The molecule has 0 radical (unpaired) electrons. The highest BCUT2D eigenvalue weighted by Crippen LogP contribution is 2.43. The summed E-state index contributed by atoms with van der Waals surface area (Å²) in [4.78, 5) is 16.6. The molecule has 2 fully saturated rings. The SMILES string of the molecule is O=C(CO)N(CCN1C2CCC1CC(c1cccc(O)c1)C2)Cc1ccccc1. The molecule has 29 heavy (non-hydrogen) atoms. The molecule has 154 valence electrons. The fraction of sp³-hybridized carbons (Fsp3) is 0.458. The Labute approximate surface area is 172 Å². The summed E-state index contributed by atoms with van der Waals surface area (Å²) in [6, 6.07) is 18.7. The number of hydrogen-bond acceptors (Lipinski definition) is 4. The van der Waals surface area contributed by atoms with Crippen LogP contribution in [0.25, 0.3) is 0 Å². The Bertz CT molecular complexity index is 812. The summed E-state index contributed by atoms with van der Waals surface area (Å²) in [5.41, 5.74) is 2.32. The molecule has 4 rings (SSSR count). The fourth-order valence-corrected chi connectivity index (χ4v) is 5.12. The minimum atomic E-state index is -0.445. The van der Waals surface area contributed by atoms with E-state index in [0.29, 0.717) is 36.8 Å². The molecular weight excluding hydrogens is 364 g/mol. The molecule has 1 amide bonds. The van der Waals surface area contributed by atoms with Crippen LogP contribution in [0.1, 0.15) is 42.7 Å². The first kappa shape index (κ1) is 19.9. The number of rotatable bonds is 7. The topological polar surface area (TPSA) is 64.0 Å². The van der Waals surface area contributed by atoms with Crippen LogP contribution < -0.4 is 0 Å². The van der Waals surface area contributed by atoms with Crippen molar-refractivity contribution in [2.75, 3.05) is 19.7 Å². The third kappa shape index (κ3) is 4.62. The highest BCUT2D eigenvalue weighted by Gasteiger charge is 2.41. The molecule has 0 spiro atoms. The number of piperidine rings is 1. The number of hydrogen-bond donors (Lipinski definition) is 2. The average molecular weight is 395 g/mol. The van der Waals surface area contributed by atoms with Crippen molar-refractivity contribution < 1.29 is 15.0 Å². The molecule has 0 saturated carbocycles. The van der Waals surface area contributed by atoms with Gasteiger partial charge in [0.15, 0.2) is 0 Å². The number of carbonyl (C=O) groups is 1. The Balaban J connectivity index is 1.38. The second-order valence-electron chi connectivity index (χ2n) is 8.35. The molecule has 2 saturated heterocycles. The van der Waals surface area contributed by atoms with Gasteiger partial charge in [0.05, 0.1) is 0 Å². The van der Waals surface area contributed by atoms with Gasteiger partial charge in [0.2, 0.25) is 5.91 Å². The molecular formula is C24H30N2O3. The van der Waals surface area contributed by atoms with E-state index in [-0.39, 0.29) is 5.91 Å². The minimum Gasteiger partial charge on any atom is -0.508 e. The Morgan fingerprint density at radius 1 is 1.03 bits per heavy atom.